The average Bonchev–Trinajstić information content (AvgIpc) is 3.39. The quantitative estimate of drug-likeness (QED) is 0.767. The first-order valence-electron chi connectivity index (χ1n) is 9.51. The van der Waals surface area contributed by atoms with Crippen LogP contribution in [0.5, 0.6) is 0 Å². The fraction of sp³-hybridized carbons (Fsp3) is 0.450. The highest BCUT2D eigenvalue weighted by Crippen LogP contribution is 2.32. The molecule has 1 aromatic heterocycles. The number of sulfonamides is 1. The topological polar surface area (TPSA) is 57.7 Å². The summed E-state index contributed by atoms with van der Waals surface area (Å²) in [7, 11) is -3.42. The van der Waals surface area contributed by atoms with E-state index in [1.54, 1.807) is 27.8 Å². The SMILES string of the molecule is O=C(CCc1cccs1)N1CCCc2cc(S(=O)(=O)N3CCCC3)ccc21. The maximum Gasteiger partial charge on any atom is 0.243 e. The second-order valence-electron chi connectivity index (χ2n) is 7.13. The van der Waals surface area contributed by atoms with Crippen molar-refractivity contribution in [2.45, 2.75) is 43.4 Å². The van der Waals surface area contributed by atoms with Crippen molar-refractivity contribution in [2.75, 3.05) is 24.5 Å². The van der Waals surface area contributed by atoms with E-state index in [0.29, 0.717) is 31.0 Å². The van der Waals surface area contributed by atoms with Crippen LogP contribution in [0, 0.1) is 0 Å². The lowest BCUT2D eigenvalue weighted by Crippen LogP contribution is -2.36. The van der Waals surface area contributed by atoms with Crippen molar-refractivity contribution < 1.29 is 13.2 Å². The van der Waals surface area contributed by atoms with Crippen molar-refractivity contribution in [2.24, 2.45) is 0 Å². The molecule has 2 aliphatic heterocycles. The third kappa shape index (κ3) is 3.81. The van der Waals surface area contributed by atoms with Crippen molar-refractivity contribution in [1.29, 1.82) is 0 Å². The number of rotatable bonds is 5. The van der Waals surface area contributed by atoms with Gasteiger partial charge in [-0.15, -0.1) is 11.3 Å². The maximum absolute atomic E-state index is 12.8. The van der Waals surface area contributed by atoms with Gasteiger partial charge in [0.2, 0.25) is 15.9 Å². The molecule has 2 aromatic rings. The van der Waals surface area contributed by atoms with Gasteiger partial charge in [-0.1, -0.05) is 6.07 Å². The first kappa shape index (κ1) is 18.7. The highest BCUT2D eigenvalue weighted by molar-refractivity contribution is 7.89. The van der Waals surface area contributed by atoms with E-state index in [4.69, 9.17) is 0 Å². The summed E-state index contributed by atoms with van der Waals surface area (Å²) in [5.74, 6) is 0.111. The Balaban J connectivity index is 1.53. The standard InChI is InChI=1S/C20H24N2O3S2/c23-20(10-7-17-6-4-14-26-17)22-13-3-5-16-15-18(8-9-19(16)22)27(24,25)21-11-1-2-12-21/h4,6,8-9,14-15H,1-3,5,7,10-13H2. The van der Waals surface area contributed by atoms with Crippen LogP contribution in [0.4, 0.5) is 5.69 Å². The molecule has 0 spiro atoms. The van der Waals surface area contributed by atoms with E-state index < -0.39 is 10.0 Å². The Morgan fingerprint density at radius 1 is 1.07 bits per heavy atom. The predicted molar refractivity (Wildman–Crippen MR) is 108 cm³/mol. The van der Waals surface area contributed by atoms with Crippen LogP contribution in [0.2, 0.25) is 0 Å². The molecule has 144 valence electrons. The van der Waals surface area contributed by atoms with E-state index in [1.807, 2.05) is 22.4 Å². The number of hydrogen-bond acceptors (Lipinski definition) is 4. The largest absolute Gasteiger partial charge is 0.312 e. The molecule has 0 saturated carbocycles. The van der Waals surface area contributed by atoms with Crippen LogP contribution in [0.15, 0.2) is 40.6 Å². The molecular formula is C20H24N2O3S2. The molecule has 0 unspecified atom stereocenters. The number of anilines is 1. The number of fused-ring (bicyclic) bond motifs is 1. The van der Waals surface area contributed by atoms with Gasteiger partial charge in [-0.25, -0.2) is 8.42 Å². The summed E-state index contributed by atoms with van der Waals surface area (Å²) >= 11 is 1.67. The van der Waals surface area contributed by atoms with Gasteiger partial charge in [-0.3, -0.25) is 4.79 Å². The van der Waals surface area contributed by atoms with Crippen LogP contribution in [0.3, 0.4) is 0 Å². The minimum Gasteiger partial charge on any atom is -0.312 e. The molecule has 1 saturated heterocycles. The van der Waals surface area contributed by atoms with Crippen LogP contribution in [0.1, 0.15) is 36.1 Å². The van der Waals surface area contributed by atoms with Crippen LogP contribution in [-0.2, 0) is 27.7 Å². The van der Waals surface area contributed by atoms with E-state index in [-0.39, 0.29) is 5.91 Å². The Morgan fingerprint density at radius 2 is 1.89 bits per heavy atom. The second-order valence-corrected chi connectivity index (χ2v) is 10.1. The number of carbonyl (C=O) groups is 1. The lowest BCUT2D eigenvalue weighted by molar-refractivity contribution is -0.118. The minimum absolute atomic E-state index is 0.111. The maximum atomic E-state index is 12.8. The van der Waals surface area contributed by atoms with E-state index in [1.165, 1.54) is 4.88 Å². The molecule has 1 amide bonds. The monoisotopic (exact) mass is 404 g/mol. The molecule has 1 fully saturated rings. The fourth-order valence-corrected chi connectivity index (χ4v) is 6.17. The summed E-state index contributed by atoms with van der Waals surface area (Å²) in [4.78, 5) is 16.2. The molecule has 0 radical (unpaired) electrons. The van der Waals surface area contributed by atoms with Gasteiger partial charge < -0.3 is 4.90 Å². The molecule has 7 heteroatoms. The number of aryl methyl sites for hydroxylation is 2. The summed E-state index contributed by atoms with van der Waals surface area (Å²) in [6, 6.07) is 9.32. The normalized spacial score (nSPS) is 17.9. The molecule has 4 rings (SSSR count). The van der Waals surface area contributed by atoms with Gasteiger partial charge in [0.25, 0.3) is 0 Å². The number of benzene rings is 1. The van der Waals surface area contributed by atoms with Gasteiger partial charge in [-0.05, 0) is 67.3 Å². The van der Waals surface area contributed by atoms with E-state index in [0.717, 1.165) is 43.4 Å². The molecular weight excluding hydrogens is 380 g/mol. The predicted octanol–water partition coefficient (Wildman–Crippen LogP) is 3.44. The Morgan fingerprint density at radius 3 is 2.63 bits per heavy atom. The zero-order valence-corrected chi connectivity index (χ0v) is 16.9. The van der Waals surface area contributed by atoms with Crippen LogP contribution < -0.4 is 4.90 Å². The summed E-state index contributed by atoms with van der Waals surface area (Å²) < 4.78 is 27.2. The second kappa shape index (κ2) is 7.73. The van der Waals surface area contributed by atoms with Gasteiger partial charge in [0.15, 0.2) is 0 Å². The molecule has 0 aliphatic carbocycles. The molecule has 0 atom stereocenters. The summed E-state index contributed by atoms with van der Waals surface area (Å²) in [5, 5.41) is 2.03. The van der Waals surface area contributed by atoms with Gasteiger partial charge in [0.1, 0.15) is 0 Å². The van der Waals surface area contributed by atoms with Gasteiger partial charge in [-0.2, -0.15) is 4.31 Å². The number of nitrogens with zero attached hydrogens (tertiary/aromatic N) is 2. The minimum atomic E-state index is -3.42. The average molecular weight is 405 g/mol. The highest BCUT2D eigenvalue weighted by Gasteiger charge is 2.29. The molecule has 0 bridgehead atoms. The molecule has 3 heterocycles. The first-order chi connectivity index (χ1) is 13.1. The lowest BCUT2D eigenvalue weighted by Gasteiger charge is -2.30. The zero-order chi connectivity index (χ0) is 18.9. The number of hydrogen-bond donors (Lipinski definition) is 0. The molecule has 1 aromatic carbocycles. The van der Waals surface area contributed by atoms with Crippen molar-refractivity contribution in [3.8, 4) is 0 Å². The van der Waals surface area contributed by atoms with Crippen molar-refractivity contribution in [1.82, 2.24) is 4.31 Å². The summed E-state index contributed by atoms with van der Waals surface area (Å²) in [6.45, 7) is 1.91. The number of amides is 1. The van der Waals surface area contributed by atoms with Crippen molar-refractivity contribution in [3.63, 3.8) is 0 Å². The number of carbonyl (C=O) groups excluding carboxylic acids is 1. The molecule has 5 nitrogen and oxygen atoms in total. The van der Waals surface area contributed by atoms with E-state index in [9.17, 15) is 13.2 Å². The van der Waals surface area contributed by atoms with E-state index >= 15 is 0 Å². The van der Waals surface area contributed by atoms with Gasteiger partial charge in [0.05, 0.1) is 4.90 Å². The van der Waals surface area contributed by atoms with Crippen LogP contribution >= 0.6 is 11.3 Å². The smallest absolute Gasteiger partial charge is 0.243 e. The number of thiophene rings is 1. The van der Waals surface area contributed by atoms with Crippen LogP contribution in [0.25, 0.3) is 0 Å². The molecule has 2 aliphatic rings. The Kier molecular flexibility index (Phi) is 5.34. The summed E-state index contributed by atoms with van der Waals surface area (Å²) in [6.07, 6.45) is 4.77. The highest BCUT2D eigenvalue weighted by atomic mass is 32.2. The fourth-order valence-electron chi connectivity index (χ4n) is 3.89. The third-order valence-electron chi connectivity index (χ3n) is 5.34. The Labute approximate surface area is 164 Å². The van der Waals surface area contributed by atoms with Crippen molar-refractivity contribution in [3.05, 3.63) is 46.2 Å². The molecule has 0 N–H and O–H groups in total. The Hall–Kier alpha value is -1.70. The van der Waals surface area contributed by atoms with Crippen LogP contribution in [-0.4, -0.2) is 38.3 Å². The zero-order valence-electron chi connectivity index (χ0n) is 15.3. The Bertz CT molecular complexity index is 917. The third-order valence-corrected chi connectivity index (χ3v) is 8.17. The van der Waals surface area contributed by atoms with Gasteiger partial charge in [0, 0.05) is 36.6 Å². The molecule has 27 heavy (non-hydrogen) atoms. The van der Waals surface area contributed by atoms with Crippen molar-refractivity contribution >= 4 is 33.0 Å². The first-order valence-corrected chi connectivity index (χ1v) is 11.8. The van der Waals surface area contributed by atoms with Gasteiger partial charge >= 0.3 is 0 Å². The summed E-state index contributed by atoms with van der Waals surface area (Å²) in [5.41, 5.74) is 1.84. The van der Waals surface area contributed by atoms with E-state index in [2.05, 4.69) is 6.07 Å². The lowest BCUT2D eigenvalue weighted by atomic mass is 10.0.